The van der Waals surface area contributed by atoms with Gasteiger partial charge in [-0.1, -0.05) is 54.1 Å². The number of rotatable bonds is 4. The lowest BCUT2D eigenvalue weighted by molar-refractivity contribution is 0.0812. The van der Waals surface area contributed by atoms with E-state index in [4.69, 9.17) is 0 Å². The van der Waals surface area contributed by atoms with Crippen LogP contribution in [0.4, 0.5) is 11.4 Å². The highest BCUT2D eigenvalue weighted by atomic mass is 32.2. The zero-order valence-corrected chi connectivity index (χ0v) is 19.6. The molecular weight excluding hydrogens is 432 g/mol. The van der Waals surface area contributed by atoms with E-state index >= 15 is 0 Å². The van der Waals surface area contributed by atoms with Gasteiger partial charge in [0.2, 0.25) is 10.0 Å². The summed E-state index contributed by atoms with van der Waals surface area (Å²) in [7, 11) is -3.72. The number of hydrogen-bond acceptors (Lipinski definition) is 4. The molecule has 6 heteroatoms. The Bertz CT molecular complexity index is 1190. The number of aryl methyl sites for hydroxylation is 3. The SMILES string of the molecule is Cc1ccc(S(=O)(=O)N[C@@H]2CCC[C@H](N3c4ccccc4CCc4ccccc43)[C@H]2O)cc1. The molecule has 5 rings (SSSR count). The van der Waals surface area contributed by atoms with Gasteiger partial charge in [-0.2, -0.15) is 0 Å². The second-order valence-electron chi connectivity index (χ2n) is 9.16. The van der Waals surface area contributed by atoms with Crippen LogP contribution in [0.15, 0.2) is 77.7 Å². The highest BCUT2D eigenvalue weighted by Gasteiger charge is 2.39. The zero-order valence-electron chi connectivity index (χ0n) is 18.8. The van der Waals surface area contributed by atoms with E-state index in [9.17, 15) is 13.5 Å². The fourth-order valence-electron chi connectivity index (χ4n) is 5.22. The standard InChI is InChI=1S/C27H30N2O3S/c1-19-13-17-22(18-14-19)33(31,32)28-23-9-6-12-26(27(23)30)29-24-10-4-2-7-20(24)15-16-21-8-3-5-11-25(21)29/h2-5,7-8,10-11,13-14,17-18,23,26-28,30H,6,9,12,15-16H2,1H3/t23-,26+,27+/m1/s1. The Hall–Kier alpha value is -2.67. The van der Waals surface area contributed by atoms with Gasteiger partial charge in [-0.05, 0) is 74.4 Å². The first-order valence-corrected chi connectivity index (χ1v) is 13.1. The van der Waals surface area contributed by atoms with Crippen LogP contribution in [0.3, 0.4) is 0 Å². The number of aliphatic hydroxyl groups is 1. The van der Waals surface area contributed by atoms with Crippen LogP contribution in [0.1, 0.15) is 36.0 Å². The summed E-state index contributed by atoms with van der Waals surface area (Å²) in [5.74, 6) is 0. The summed E-state index contributed by atoms with van der Waals surface area (Å²) in [4.78, 5) is 2.49. The Morgan fingerprint density at radius 1 is 0.848 bits per heavy atom. The van der Waals surface area contributed by atoms with Crippen LogP contribution in [-0.4, -0.2) is 31.7 Å². The predicted octanol–water partition coefficient (Wildman–Crippen LogP) is 4.49. The lowest BCUT2D eigenvalue weighted by Crippen LogP contribution is -2.55. The molecule has 3 aromatic rings. The van der Waals surface area contributed by atoms with Crippen molar-refractivity contribution in [3.8, 4) is 0 Å². The third kappa shape index (κ3) is 4.31. The average molecular weight is 463 g/mol. The van der Waals surface area contributed by atoms with Crippen LogP contribution < -0.4 is 9.62 Å². The molecule has 0 aromatic heterocycles. The normalized spacial score (nSPS) is 22.8. The molecule has 0 bridgehead atoms. The number of nitrogens with zero attached hydrogens (tertiary/aromatic N) is 1. The molecule has 1 aliphatic carbocycles. The number of fused-ring (bicyclic) bond motifs is 2. The summed E-state index contributed by atoms with van der Waals surface area (Å²) in [6.45, 7) is 1.93. The van der Waals surface area contributed by atoms with Gasteiger partial charge >= 0.3 is 0 Å². The summed E-state index contributed by atoms with van der Waals surface area (Å²) in [6.07, 6.45) is 3.29. The molecule has 1 heterocycles. The first kappa shape index (κ1) is 22.1. The van der Waals surface area contributed by atoms with Gasteiger partial charge in [0, 0.05) is 11.4 Å². The van der Waals surface area contributed by atoms with E-state index in [1.165, 1.54) is 11.1 Å². The molecule has 2 N–H and O–H groups in total. The maximum absolute atomic E-state index is 13.1. The molecule has 1 aliphatic heterocycles. The lowest BCUT2D eigenvalue weighted by atomic mass is 9.86. The van der Waals surface area contributed by atoms with Crippen molar-refractivity contribution in [2.45, 2.75) is 62.1 Å². The molecule has 0 amide bonds. The van der Waals surface area contributed by atoms with E-state index in [-0.39, 0.29) is 10.9 Å². The quantitative estimate of drug-likeness (QED) is 0.599. The van der Waals surface area contributed by atoms with Crippen LogP contribution in [0.5, 0.6) is 0 Å². The molecular formula is C27H30N2O3S. The summed E-state index contributed by atoms with van der Waals surface area (Å²) in [5, 5.41) is 11.5. The summed E-state index contributed by atoms with van der Waals surface area (Å²) in [6, 6.07) is 22.8. The number of nitrogens with one attached hydrogen (secondary N) is 1. The number of sulfonamides is 1. The number of benzene rings is 3. The molecule has 0 unspecified atom stereocenters. The highest BCUT2D eigenvalue weighted by Crippen LogP contribution is 2.41. The van der Waals surface area contributed by atoms with E-state index < -0.39 is 22.2 Å². The largest absolute Gasteiger partial charge is 0.389 e. The van der Waals surface area contributed by atoms with Gasteiger partial charge < -0.3 is 10.0 Å². The smallest absolute Gasteiger partial charge is 0.240 e. The molecule has 2 aliphatic rings. The van der Waals surface area contributed by atoms with E-state index in [2.05, 4.69) is 46.0 Å². The first-order valence-electron chi connectivity index (χ1n) is 11.7. The second-order valence-corrected chi connectivity index (χ2v) is 10.9. The van der Waals surface area contributed by atoms with Gasteiger partial charge in [0.05, 0.1) is 23.1 Å². The van der Waals surface area contributed by atoms with Gasteiger partial charge in [0.15, 0.2) is 0 Å². The Kier molecular flexibility index (Phi) is 5.99. The van der Waals surface area contributed by atoms with E-state index in [1.54, 1.807) is 24.3 Å². The fraction of sp³-hybridized carbons (Fsp3) is 0.333. The van der Waals surface area contributed by atoms with Crippen LogP contribution in [0, 0.1) is 6.92 Å². The molecule has 5 nitrogen and oxygen atoms in total. The monoisotopic (exact) mass is 462 g/mol. The second kappa shape index (κ2) is 8.93. The zero-order chi connectivity index (χ0) is 23.0. The van der Waals surface area contributed by atoms with Crippen molar-refractivity contribution < 1.29 is 13.5 Å². The minimum Gasteiger partial charge on any atom is -0.389 e. The number of para-hydroxylation sites is 2. The number of hydrogen-bond donors (Lipinski definition) is 2. The molecule has 172 valence electrons. The van der Waals surface area contributed by atoms with Crippen molar-refractivity contribution in [1.29, 1.82) is 0 Å². The maximum Gasteiger partial charge on any atom is 0.240 e. The van der Waals surface area contributed by atoms with Crippen molar-refractivity contribution in [3.05, 3.63) is 89.5 Å². The Labute approximate surface area is 196 Å². The predicted molar refractivity (Wildman–Crippen MR) is 131 cm³/mol. The molecule has 0 saturated heterocycles. The maximum atomic E-state index is 13.1. The Morgan fingerprint density at radius 3 is 2.03 bits per heavy atom. The minimum absolute atomic E-state index is 0.218. The summed E-state index contributed by atoms with van der Waals surface area (Å²) in [5.41, 5.74) is 5.72. The van der Waals surface area contributed by atoms with Crippen LogP contribution in [0.2, 0.25) is 0 Å². The van der Waals surface area contributed by atoms with Crippen molar-refractivity contribution in [1.82, 2.24) is 4.72 Å². The van der Waals surface area contributed by atoms with Gasteiger partial charge in [0.25, 0.3) is 0 Å². The van der Waals surface area contributed by atoms with E-state index in [0.717, 1.165) is 42.6 Å². The summed E-state index contributed by atoms with van der Waals surface area (Å²) < 4.78 is 28.9. The molecule has 1 saturated carbocycles. The van der Waals surface area contributed by atoms with Gasteiger partial charge in [-0.15, -0.1) is 0 Å². The number of aliphatic hydroxyl groups excluding tert-OH is 1. The van der Waals surface area contributed by atoms with E-state index in [1.807, 2.05) is 19.1 Å². The third-order valence-corrected chi connectivity index (χ3v) is 8.46. The minimum atomic E-state index is -3.72. The van der Waals surface area contributed by atoms with Crippen LogP contribution in [0.25, 0.3) is 0 Å². The fourth-order valence-corrected chi connectivity index (χ4v) is 6.51. The Morgan fingerprint density at radius 2 is 1.42 bits per heavy atom. The average Bonchev–Trinajstić information content (AvgIpc) is 2.98. The molecule has 33 heavy (non-hydrogen) atoms. The summed E-state index contributed by atoms with van der Waals surface area (Å²) >= 11 is 0. The molecule has 3 aromatic carbocycles. The van der Waals surface area contributed by atoms with Gasteiger partial charge in [-0.3, -0.25) is 0 Å². The van der Waals surface area contributed by atoms with Crippen molar-refractivity contribution in [2.75, 3.05) is 4.90 Å². The van der Waals surface area contributed by atoms with Crippen molar-refractivity contribution in [3.63, 3.8) is 0 Å². The number of anilines is 2. The van der Waals surface area contributed by atoms with E-state index in [0.29, 0.717) is 6.42 Å². The van der Waals surface area contributed by atoms with Crippen molar-refractivity contribution in [2.24, 2.45) is 0 Å². The lowest BCUT2D eigenvalue weighted by Gasteiger charge is -2.43. The highest BCUT2D eigenvalue weighted by molar-refractivity contribution is 7.89. The van der Waals surface area contributed by atoms with Crippen LogP contribution in [-0.2, 0) is 22.9 Å². The van der Waals surface area contributed by atoms with Gasteiger partial charge in [0.1, 0.15) is 0 Å². The van der Waals surface area contributed by atoms with Crippen LogP contribution >= 0.6 is 0 Å². The molecule has 1 fully saturated rings. The molecule has 3 atom stereocenters. The molecule has 0 radical (unpaired) electrons. The molecule has 0 spiro atoms. The Balaban J connectivity index is 1.48. The topological polar surface area (TPSA) is 69.6 Å². The van der Waals surface area contributed by atoms with Gasteiger partial charge in [-0.25, -0.2) is 13.1 Å². The third-order valence-electron chi connectivity index (χ3n) is 6.96. The first-order chi connectivity index (χ1) is 15.9. The van der Waals surface area contributed by atoms with Crippen molar-refractivity contribution >= 4 is 21.4 Å².